The molecule has 3 amide bonds. The Morgan fingerprint density at radius 2 is 1.67 bits per heavy atom. The van der Waals surface area contributed by atoms with E-state index in [0.29, 0.717) is 17.8 Å². The van der Waals surface area contributed by atoms with Gasteiger partial charge in [0.05, 0.1) is 6.04 Å². The van der Waals surface area contributed by atoms with Crippen molar-refractivity contribution in [2.75, 3.05) is 10.6 Å². The third kappa shape index (κ3) is 4.42. The van der Waals surface area contributed by atoms with Crippen LogP contribution in [0.15, 0.2) is 24.3 Å². The SMILES string of the molecule is CCC[C@H](N)C(=O)Nc1ccc(NC(N)=O)cc1. The molecule has 0 radical (unpaired) electrons. The van der Waals surface area contributed by atoms with Crippen LogP contribution < -0.4 is 22.1 Å². The first-order valence-corrected chi connectivity index (χ1v) is 5.76. The number of benzene rings is 1. The van der Waals surface area contributed by atoms with Crippen LogP contribution in [0.25, 0.3) is 0 Å². The highest BCUT2D eigenvalue weighted by Crippen LogP contribution is 2.13. The second-order valence-corrected chi connectivity index (χ2v) is 3.95. The first-order valence-electron chi connectivity index (χ1n) is 5.76. The summed E-state index contributed by atoms with van der Waals surface area (Å²) in [5, 5.41) is 5.13. The molecule has 1 rings (SSSR count). The predicted octanol–water partition coefficient (Wildman–Crippen LogP) is 1.24. The first kappa shape index (κ1) is 14.0. The lowest BCUT2D eigenvalue weighted by atomic mass is 10.1. The minimum Gasteiger partial charge on any atom is -0.351 e. The van der Waals surface area contributed by atoms with Crippen molar-refractivity contribution in [3.05, 3.63) is 24.3 Å². The second-order valence-electron chi connectivity index (χ2n) is 3.95. The Kier molecular flexibility index (Phi) is 5.13. The van der Waals surface area contributed by atoms with Gasteiger partial charge in [-0.1, -0.05) is 13.3 Å². The van der Waals surface area contributed by atoms with E-state index in [4.69, 9.17) is 11.5 Å². The molecule has 0 aliphatic heterocycles. The second kappa shape index (κ2) is 6.61. The smallest absolute Gasteiger partial charge is 0.316 e. The normalized spacial score (nSPS) is 11.7. The molecule has 0 unspecified atom stereocenters. The highest BCUT2D eigenvalue weighted by Gasteiger charge is 2.11. The van der Waals surface area contributed by atoms with Crippen molar-refractivity contribution >= 4 is 23.3 Å². The topological polar surface area (TPSA) is 110 Å². The Hall–Kier alpha value is -2.08. The highest BCUT2D eigenvalue weighted by atomic mass is 16.2. The van der Waals surface area contributed by atoms with Crippen molar-refractivity contribution in [3.63, 3.8) is 0 Å². The lowest BCUT2D eigenvalue weighted by molar-refractivity contribution is -0.117. The van der Waals surface area contributed by atoms with Gasteiger partial charge in [-0.25, -0.2) is 4.79 Å². The maximum Gasteiger partial charge on any atom is 0.316 e. The van der Waals surface area contributed by atoms with Gasteiger partial charge < -0.3 is 22.1 Å². The van der Waals surface area contributed by atoms with Gasteiger partial charge in [-0.15, -0.1) is 0 Å². The Morgan fingerprint density at radius 1 is 1.17 bits per heavy atom. The molecule has 0 aromatic heterocycles. The van der Waals surface area contributed by atoms with Gasteiger partial charge in [0.1, 0.15) is 0 Å². The van der Waals surface area contributed by atoms with Crippen molar-refractivity contribution in [1.29, 1.82) is 0 Å². The van der Waals surface area contributed by atoms with Gasteiger partial charge in [-0.2, -0.15) is 0 Å². The molecule has 6 N–H and O–H groups in total. The summed E-state index contributed by atoms with van der Waals surface area (Å²) in [6, 6.07) is 5.50. The van der Waals surface area contributed by atoms with Crippen LogP contribution in [0.5, 0.6) is 0 Å². The number of rotatable bonds is 5. The summed E-state index contributed by atoms with van der Waals surface area (Å²) in [6.45, 7) is 1.97. The molecular weight excluding hydrogens is 232 g/mol. The molecule has 1 aromatic rings. The lowest BCUT2D eigenvalue weighted by Crippen LogP contribution is -2.35. The fourth-order valence-corrected chi connectivity index (χ4v) is 1.46. The zero-order chi connectivity index (χ0) is 13.5. The molecule has 0 bridgehead atoms. The molecule has 0 aliphatic carbocycles. The quantitative estimate of drug-likeness (QED) is 0.631. The van der Waals surface area contributed by atoms with E-state index in [9.17, 15) is 9.59 Å². The standard InChI is InChI=1S/C12H18N4O2/c1-2-3-10(13)11(17)15-8-4-6-9(7-5-8)16-12(14)18/h4-7,10H,2-3,13H2,1H3,(H,15,17)(H3,14,16,18)/t10-/m0/s1. The molecule has 0 spiro atoms. The monoisotopic (exact) mass is 250 g/mol. The average molecular weight is 250 g/mol. The van der Waals surface area contributed by atoms with Crippen LogP contribution in [0.3, 0.4) is 0 Å². The van der Waals surface area contributed by atoms with E-state index in [2.05, 4.69) is 10.6 Å². The number of nitrogens with two attached hydrogens (primary N) is 2. The van der Waals surface area contributed by atoms with Crippen LogP contribution in [-0.4, -0.2) is 18.0 Å². The zero-order valence-electron chi connectivity index (χ0n) is 10.3. The summed E-state index contributed by atoms with van der Waals surface area (Å²) in [5.74, 6) is -0.215. The predicted molar refractivity (Wildman–Crippen MR) is 71.2 cm³/mol. The van der Waals surface area contributed by atoms with E-state index in [-0.39, 0.29) is 5.91 Å². The van der Waals surface area contributed by atoms with E-state index < -0.39 is 12.1 Å². The number of carbonyl (C=O) groups excluding carboxylic acids is 2. The largest absolute Gasteiger partial charge is 0.351 e. The van der Waals surface area contributed by atoms with Crippen LogP contribution in [0.2, 0.25) is 0 Å². The van der Waals surface area contributed by atoms with Gasteiger partial charge >= 0.3 is 6.03 Å². The number of primary amides is 1. The fraction of sp³-hybridized carbons (Fsp3) is 0.333. The van der Waals surface area contributed by atoms with Crippen molar-refractivity contribution in [1.82, 2.24) is 0 Å². The number of nitrogens with one attached hydrogen (secondary N) is 2. The molecule has 6 nitrogen and oxygen atoms in total. The summed E-state index contributed by atoms with van der Waals surface area (Å²) in [5.41, 5.74) is 11.9. The van der Waals surface area contributed by atoms with E-state index >= 15 is 0 Å². The van der Waals surface area contributed by atoms with E-state index in [0.717, 1.165) is 6.42 Å². The molecule has 1 atom stereocenters. The molecular formula is C12H18N4O2. The van der Waals surface area contributed by atoms with Crippen LogP contribution in [-0.2, 0) is 4.79 Å². The lowest BCUT2D eigenvalue weighted by Gasteiger charge is -2.11. The molecule has 0 aliphatic rings. The Bertz CT molecular complexity index is 417. The van der Waals surface area contributed by atoms with Crippen molar-refractivity contribution in [2.24, 2.45) is 11.5 Å². The minimum absolute atomic E-state index is 0.215. The molecule has 0 heterocycles. The molecule has 0 saturated carbocycles. The van der Waals surface area contributed by atoms with Gasteiger partial charge in [0, 0.05) is 11.4 Å². The highest BCUT2D eigenvalue weighted by molar-refractivity contribution is 5.95. The summed E-state index contributed by atoms with van der Waals surface area (Å²) in [7, 11) is 0. The number of carbonyl (C=O) groups is 2. The molecule has 18 heavy (non-hydrogen) atoms. The molecule has 0 saturated heterocycles. The zero-order valence-corrected chi connectivity index (χ0v) is 10.3. The average Bonchev–Trinajstić information content (AvgIpc) is 2.31. The van der Waals surface area contributed by atoms with E-state index in [1.807, 2.05) is 6.92 Å². The van der Waals surface area contributed by atoms with Gasteiger partial charge in [0.25, 0.3) is 0 Å². The Labute approximate surface area is 106 Å². The van der Waals surface area contributed by atoms with Crippen LogP contribution >= 0.6 is 0 Å². The summed E-state index contributed by atoms with van der Waals surface area (Å²) in [4.78, 5) is 22.3. The molecule has 6 heteroatoms. The molecule has 1 aromatic carbocycles. The number of urea groups is 1. The molecule has 98 valence electrons. The summed E-state index contributed by atoms with van der Waals surface area (Å²) >= 11 is 0. The molecule has 0 fully saturated rings. The third-order valence-corrected chi connectivity index (χ3v) is 2.36. The van der Waals surface area contributed by atoms with E-state index in [1.54, 1.807) is 24.3 Å². The summed E-state index contributed by atoms with van der Waals surface area (Å²) in [6.07, 6.45) is 1.50. The minimum atomic E-state index is -0.628. The van der Waals surface area contributed by atoms with Gasteiger partial charge in [0.2, 0.25) is 5.91 Å². The Morgan fingerprint density at radius 3 is 2.11 bits per heavy atom. The van der Waals surface area contributed by atoms with Crippen LogP contribution in [0, 0.1) is 0 Å². The first-order chi connectivity index (χ1) is 8.52. The summed E-state index contributed by atoms with van der Waals surface area (Å²) < 4.78 is 0. The van der Waals surface area contributed by atoms with Gasteiger partial charge in [-0.3, -0.25) is 4.79 Å². The van der Waals surface area contributed by atoms with Crippen molar-refractivity contribution < 1.29 is 9.59 Å². The van der Waals surface area contributed by atoms with Crippen molar-refractivity contribution in [3.8, 4) is 0 Å². The van der Waals surface area contributed by atoms with Crippen LogP contribution in [0.4, 0.5) is 16.2 Å². The number of anilines is 2. The maximum absolute atomic E-state index is 11.6. The number of hydrogen-bond acceptors (Lipinski definition) is 3. The fourth-order valence-electron chi connectivity index (χ4n) is 1.46. The third-order valence-electron chi connectivity index (χ3n) is 2.36. The van der Waals surface area contributed by atoms with Crippen molar-refractivity contribution in [2.45, 2.75) is 25.8 Å². The van der Waals surface area contributed by atoms with Gasteiger partial charge in [0.15, 0.2) is 0 Å². The maximum atomic E-state index is 11.6. The van der Waals surface area contributed by atoms with Gasteiger partial charge in [-0.05, 0) is 30.7 Å². The number of hydrogen-bond donors (Lipinski definition) is 4. The van der Waals surface area contributed by atoms with E-state index in [1.165, 1.54) is 0 Å². The van der Waals surface area contributed by atoms with Crippen LogP contribution in [0.1, 0.15) is 19.8 Å². The number of amides is 3. The Balaban J connectivity index is 2.58.